The lowest BCUT2D eigenvalue weighted by molar-refractivity contribution is 0.102. The Morgan fingerprint density at radius 1 is 1.41 bits per heavy atom. The summed E-state index contributed by atoms with van der Waals surface area (Å²) in [7, 11) is 3.29. The highest BCUT2D eigenvalue weighted by molar-refractivity contribution is 6.09. The fraction of sp³-hybridized carbons (Fsp3) is 0.364. The van der Waals surface area contributed by atoms with Gasteiger partial charge >= 0.3 is 0 Å². The van der Waals surface area contributed by atoms with Crippen LogP contribution in [0.4, 0.5) is 0 Å². The van der Waals surface area contributed by atoms with Gasteiger partial charge in [-0.1, -0.05) is 0 Å². The summed E-state index contributed by atoms with van der Waals surface area (Å²) in [5.41, 5.74) is 0.990. The van der Waals surface area contributed by atoms with Gasteiger partial charge < -0.3 is 4.74 Å². The molecule has 2 aromatic heterocycles. The molecule has 0 saturated carbocycles. The fourth-order valence-electron chi connectivity index (χ4n) is 1.66. The van der Waals surface area contributed by atoms with Crippen LogP contribution in [0.15, 0.2) is 18.6 Å². The summed E-state index contributed by atoms with van der Waals surface area (Å²) in [5.74, 6) is 0.356. The number of rotatable bonds is 4. The van der Waals surface area contributed by atoms with Crippen LogP contribution in [0.25, 0.3) is 0 Å². The van der Waals surface area contributed by atoms with Crippen LogP contribution in [0.2, 0.25) is 0 Å². The average Bonchev–Trinajstić information content (AvgIpc) is 2.93. The molecule has 0 saturated heterocycles. The number of carbonyl (C=O) groups excluding carboxylic acids is 1. The van der Waals surface area contributed by atoms with Gasteiger partial charge in [-0.05, 0) is 6.92 Å². The molecule has 2 heterocycles. The van der Waals surface area contributed by atoms with E-state index in [0.29, 0.717) is 23.6 Å². The highest BCUT2D eigenvalue weighted by atomic mass is 16.5. The lowest BCUT2D eigenvalue weighted by Crippen LogP contribution is -2.11. The van der Waals surface area contributed by atoms with Crippen molar-refractivity contribution in [1.82, 2.24) is 19.6 Å². The summed E-state index contributed by atoms with van der Waals surface area (Å²) >= 11 is 0. The van der Waals surface area contributed by atoms with E-state index in [2.05, 4.69) is 10.2 Å². The van der Waals surface area contributed by atoms with Crippen molar-refractivity contribution in [3.63, 3.8) is 0 Å². The maximum atomic E-state index is 12.3. The van der Waals surface area contributed by atoms with E-state index in [4.69, 9.17) is 4.74 Å². The van der Waals surface area contributed by atoms with Gasteiger partial charge in [0.1, 0.15) is 0 Å². The number of aromatic nitrogens is 4. The largest absolute Gasteiger partial charge is 0.493 e. The minimum Gasteiger partial charge on any atom is -0.493 e. The normalized spacial score (nSPS) is 10.5. The molecule has 0 aliphatic rings. The summed E-state index contributed by atoms with van der Waals surface area (Å²) in [6, 6.07) is 0. The third-order valence-corrected chi connectivity index (χ3v) is 2.51. The second-order valence-corrected chi connectivity index (χ2v) is 3.61. The van der Waals surface area contributed by atoms with Crippen LogP contribution in [0, 0.1) is 0 Å². The Morgan fingerprint density at radius 3 is 2.71 bits per heavy atom. The second kappa shape index (κ2) is 4.40. The van der Waals surface area contributed by atoms with E-state index in [1.807, 2.05) is 6.92 Å². The van der Waals surface area contributed by atoms with Gasteiger partial charge in [0.15, 0.2) is 11.4 Å². The van der Waals surface area contributed by atoms with Gasteiger partial charge in [-0.25, -0.2) is 0 Å². The van der Waals surface area contributed by atoms with E-state index in [1.165, 1.54) is 13.3 Å². The van der Waals surface area contributed by atoms with E-state index >= 15 is 0 Å². The van der Waals surface area contributed by atoms with Gasteiger partial charge in [-0.15, -0.1) is 0 Å². The van der Waals surface area contributed by atoms with Crippen molar-refractivity contribution in [3.05, 3.63) is 29.8 Å². The Hall–Kier alpha value is -2.11. The van der Waals surface area contributed by atoms with Crippen LogP contribution in [0.1, 0.15) is 23.0 Å². The molecule has 0 amide bonds. The molecule has 0 radical (unpaired) electrons. The molecule has 0 unspecified atom stereocenters. The third kappa shape index (κ3) is 1.93. The minimum atomic E-state index is -0.130. The van der Waals surface area contributed by atoms with Crippen LogP contribution in [0.3, 0.4) is 0 Å². The second-order valence-electron chi connectivity index (χ2n) is 3.61. The van der Waals surface area contributed by atoms with E-state index in [1.54, 1.807) is 28.8 Å². The maximum absolute atomic E-state index is 12.3. The van der Waals surface area contributed by atoms with Gasteiger partial charge in [0.25, 0.3) is 0 Å². The number of methoxy groups -OCH3 is 1. The summed E-state index contributed by atoms with van der Waals surface area (Å²) in [6.45, 7) is 2.54. The molecule has 0 aliphatic heterocycles. The van der Waals surface area contributed by atoms with Crippen molar-refractivity contribution >= 4 is 5.78 Å². The molecule has 0 aliphatic carbocycles. The van der Waals surface area contributed by atoms with Crippen LogP contribution in [-0.4, -0.2) is 32.5 Å². The Labute approximate surface area is 98.8 Å². The zero-order chi connectivity index (χ0) is 12.4. The van der Waals surface area contributed by atoms with Crippen LogP contribution >= 0.6 is 0 Å². The summed E-state index contributed by atoms with van der Waals surface area (Å²) in [5, 5.41) is 8.09. The molecular weight excluding hydrogens is 220 g/mol. The quantitative estimate of drug-likeness (QED) is 0.737. The van der Waals surface area contributed by atoms with Crippen molar-refractivity contribution in [2.24, 2.45) is 7.05 Å². The molecule has 6 heteroatoms. The molecule has 6 nitrogen and oxygen atoms in total. The van der Waals surface area contributed by atoms with Crippen molar-refractivity contribution in [3.8, 4) is 5.75 Å². The van der Waals surface area contributed by atoms with Crippen molar-refractivity contribution in [2.45, 2.75) is 13.5 Å². The molecule has 0 N–H and O–H groups in total. The van der Waals surface area contributed by atoms with Crippen LogP contribution in [0.5, 0.6) is 5.75 Å². The zero-order valence-corrected chi connectivity index (χ0v) is 10.0. The Kier molecular flexibility index (Phi) is 2.95. The smallest absolute Gasteiger partial charge is 0.217 e. The topological polar surface area (TPSA) is 61.9 Å². The molecule has 0 atom stereocenters. The number of aryl methyl sites for hydroxylation is 2. The first kappa shape index (κ1) is 11.4. The van der Waals surface area contributed by atoms with Gasteiger partial charge in [-0.2, -0.15) is 10.2 Å². The lowest BCUT2D eigenvalue weighted by atomic mass is 10.1. The number of ether oxygens (including phenoxy) is 1. The minimum absolute atomic E-state index is 0.130. The van der Waals surface area contributed by atoms with Crippen LogP contribution < -0.4 is 4.74 Å². The van der Waals surface area contributed by atoms with Gasteiger partial charge in [0.2, 0.25) is 5.78 Å². The van der Waals surface area contributed by atoms with Crippen molar-refractivity contribution in [1.29, 1.82) is 0 Å². The number of carbonyl (C=O) groups is 1. The van der Waals surface area contributed by atoms with Crippen LogP contribution in [-0.2, 0) is 13.6 Å². The molecule has 2 aromatic rings. The zero-order valence-electron chi connectivity index (χ0n) is 10.0. The maximum Gasteiger partial charge on any atom is 0.217 e. The monoisotopic (exact) mass is 234 g/mol. The standard InChI is InChI=1S/C11H14N4O2/c1-4-15-10(9(17-3)6-13-15)11(16)8-5-12-14(2)7-8/h5-7H,4H2,1-3H3. The first-order valence-electron chi connectivity index (χ1n) is 5.30. The summed E-state index contributed by atoms with van der Waals surface area (Å²) in [6.07, 6.45) is 4.76. The van der Waals surface area contributed by atoms with E-state index < -0.39 is 0 Å². The molecular formula is C11H14N4O2. The number of hydrogen-bond acceptors (Lipinski definition) is 4. The SMILES string of the molecule is CCn1ncc(OC)c1C(=O)c1cnn(C)c1. The third-order valence-electron chi connectivity index (χ3n) is 2.51. The van der Waals surface area contributed by atoms with E-state index in [9.17, 15) is 4.79 Å². The molecule has 0 aromatic carbocycles. The number of ketones is 1. The molecule has 0 spiro atoms. The number of nitrogens with zero attached hydrogens (tertiary/aromatic N) is 4. The predicted octanol–water partition coefficient (Wildman–Crippen LogP) is 0.876. The summed E-state index contributed by atoms with van der Waals surface area (Å²) in [4.78, 5) is 12.3. The molecule has 0 fully saturated rings. The van der Waals surface area contributed by atoms with Crippen molar-refractivity contribution < 1.29 is 9.53 Å². The van der Waals surface area contributed by atoms with Crippen molar-refractivity contribution in [2.75, 3.05) is 7.11 Å². The van der Waals surface area contributed by atoms with Gasteiger partial charge in [-0.3, -0.25) is 14.2 Å². The van der Waals surface area contributed by atoms with E-state index in [-0.39, 0.29) is 5.78 Å². The molecule has 0 bridgehead atoms. The van der Waals surface area contributed by atoms with Gasteiger partial charge in [0, 0.05) is 19.8 Å². The van der Waals surface area contributed by atoms with Gasteiger partial charge in [0.05, 0.1) is 25.1 Å². The number of hydrogen-bond donors (Lipinski definition) is 0. The lowest BCUT2D eigenvalue weighted by Gasteiger charge is -2.04. The highest BCUT2D eigenvalue weighted by Gasteiger charge is 2.21. The Morgan fingerprint density at radius 2 is 2.18 bits per heavy atom. The molecule has 90 valence electrons. The Balaban J connectivity index is 2.45. The highest BCUT2D eigenvalue weighted by Crippen LogP contribution is 2.20. The predicted molar refractivity (Wildman–Crippen MR) is 61.1 cm³/mol. The first-order valence-corrected chi connectivity index (χ1v) is 5.30. The summed E-state index contributed by atoms with van der Waals surface area (Å²) < 4.78 is 8.35. The fourth-order valence-corrected chi connectivity index (χ4v) is 1.66. The average molecular weight is 234 g/mol. The Bertz CT molecular complexity index is 520. The van der Waals surface area contributed by atoms with E-state index in [0.717, 1.165) is 0 Å². The first-order chi connectivity index (χ1) is 8.17. The molecule has 17 heavy (non-hydrogen) atoms. The molecule has 2 rings (SSSR count).